The Balaban J connectivity index is 2.23. The maximum atomic E-state index is 11.8. The van der Waals surface area contributed by atoms with Gasteiger partial charge in [-0.3, -0.25) is 0 Å². The minimum Gasteiger partial charge on any atom is -0.396 e. The first kappa shape index (κ1) is 12.4. The van der Waals surface area contributed by atoms with E-state index in [1.807, 2.05) is 0 Å². The van der Waals surface area contributed by atoms with Crippen molar-refractivity contribution in [1.82, 2.24) is 0 Å². The van der Waals surface area contributed by atoms with Crippen LogP contribution in [0.3, 0.4) is 0 Å². The second kappa shape index (κ2) is 5.07. The number of hydrogen-bond donors (Lipinski definition) is 2. The van der Waals surface area contributed by atoms with Gasteiger partial charge in [0.05, 0.1) is 5.69 Å². The summed E-state index contributed by atoms with van der Waals surface area (Å²) >= 11 is 1.29. The molecule has 0 amide bonds. The average molecular weight is 272 g/mol. The minimum atomic E-state index is -3.59. The number of aliphatic hydroxyl groups is 1. The number of sulfonamides is 1. The fourth-order valence-corrected chi connectivity index (χ4v) is 3.55. The zero-order chi connectivity index (χ0) is 12.3. The highest BCUT2D eigenvalue weighted by Crippen LogP contribution is 2.28. The molecule has 0 spiro atoms. The minimum absolute atomic E-state index is 0.0869. The van der Waals surface area contributed by atoms with E-state index in [1.54, 1.807) is 18.2 Å². The molecule has 17 heavy (non-hydrogen) atoms. The van der Waals surface area contributed by atoms with Crippen LogP contribution in [0, 0.1) is 0 Å². The van der Waals surface area contributed by atoms with Gasteiger partial charge in [-0.2, -0.15) is 8.42 Å². The quantitative estimate of drug-likeness (QED) is 0.810. The lowest BCUT2D eigenvalue weighted by Gasteiger charge is -2.17. The highest BCUT2D eigenvalue weighted by molar-refractivity contribution is 8.14. The van der Waals surface area contributed by atoms with Crippen molar-refractivity contribution < 1.29 is 13.5 Å². The van der Waals surface area contributed by atoms with E-state index in [9.17, 15) is 8.42 Å². The number of anilines is 1. The lowest BCUT2D eigenvalue weighted by Crippen LogP contribution is -2.19. The highest BCUT2D eigenvalue weighted by Gasteiger charge is 2.24. The molecule has 7 heteroatoms. The van der Waals surface area contributed by atoms with E-state index in [4.69, 9.17) is 5.11 Å². The van der Waals surface area contributed by atoms with Crippen LogP contribution in [-0.4, -0.2) is 31.1 Å². The van der Waals surface area contributed by atoms with Crippen LogP contribution in [0.2, 0.25) is 0 Å². The van der Waals surface area contributed by atoms with Gasteiger partial charge in [-0.05, 0) is 18.6 Å². The molecule has 2 rings (SSSR count). The fourth-order valence-electron chi connectivity index (χ4n) is 1.39. The normalized spacial score (nSPS) is 16.9. The number of amidine groups is 1. The summed E-state index contributed by atoms with van der Waals surface area (Å²) in [6.07, 6.45) is 0.604. The Labute approximate surface area is 104 Å². The fraction of sp³-hybridized carbons (Fsp3) is 0.300. The molecule has 0 radical (unpaired) electrons. The van der Waals surface area contributed by atoms with Crippen LogP contribution < -0.4 is 5.32 Å². The molecule has 92 valence electrons. The van der Waals surface area contributed by atoms with Gasteiger partial charge in [0.2, 0.25) is 0 Å². The predicted octanol–water partition coefficient (Wildman–Crippen LogP) is 1.27. The first-order valence-electron chi connectivity index (χ1n) is 5.08. The molecular formula is C10H12N2O3S2. The number of aliphatic hydroxyl groups excluding tert-OH is 1. The average Bonchev–Trinajstić information content (AvgIpc) is 2.29. The highest BCUT2D eigenvalue weighted by atomic mass is 32.2. The molecule has 1 heterocycles. The number of benzene rings is 1. The number of fused-ring (bicyclic) bond motifs is 1. The summed E-state index contributed by atoms with van der Waals surface area (Å²) in [5.74, 6) is 0.625. The van der Waals surface area contributed by atoms with Gasteiger partial charge in [-0.25, -0.2) is 0 Å². The molecule has 0 atom stereocenters. The third-order valence-corrected chi connectivity index (χ3v) is 4.56. The molecule has 0 saturated carbocycles. The Hall–Kier alpha value is -1.05. The summed E-state index contributed by atoms with van der Waals surface area (Å²) < 4.78 is 27.3. The Morgan fingerprint density at radius 3 is 2.88 bits per heavy atom. The van der Waals surface area contributed by atoms with Crippen molar-refractivity contribution >= 4 is 32.6 Å². The van der Waals surface area contributed by atoms with Gasteiger partial charge in [0, 0.05) is 12.4 Å². The van der Waals surface area contributed by atoms with Crippen molar-refractivity contribution in [2.24, 2.45) is 4.40 Å². The van der Waals surface area contributed by atoms with Crippen LogP contribution in [0.25, 0.3) is 0 Å². The summed E-state index contributed by atoms with van der Waals surface area (Å²) in [6.45, 7) is 0.0869. The Morgan fingerprint density at radius 1 is 1.35 bits per heavy atom. The Morgan fingerprint density at radius 2 is 2.12 bits per heavy atom. The molecule has 1 aliphatic rings. The second-order valence-electron chi connectivity index (χ2n) is 3.42. The van der Waals surface area contributed by atoms with Crippen LogP contribution in [0.5, 0.6) is 0 Å². The molecule has 1 aromatic carbocycles. The van der Waals surface area contributed by atoms with Gasteiger partial charge < -0.3 is 10.4 Å². The largest absolute Gasteiger partial charge is 0.396 e. The monoisotopic (exact) mass is 272 g/mol. The van der Waals surface area contributed by atoms with Crippen molar-refractivity contribution in [1.29, 1.82) is 0 Å². The van der Waals surface area contributed by atoms with Crippen molar-refractivity contribution in [2.75, 3.05) is 17.7 Å². The summed E-state index contributed by atoms with van der Waals surface area (Å²) in [5.41, 5.74) is 0.550. The van der Waals surface area contributed by atoms with Crippen molar-refractivity contribution in [3.05, 3.63) is 24.3 Å². The topological polar surface area (TPSA) is 78.8 Å². The first-order chi connectivity index (χ1) is 8.13. The van der Waals surface area contributed by atoms with E-state index in [1.165, 1.54) is 17.8 Å². The van der Waals surface area contributed by atoms with Gasteiger partial charge in [0.25, 0.3) is 10.0 Å². The molecule has 0 aliphatic carbocycles. The number of para-hydroxylation sites is 1. The van der Waals surface area contributed by atoms with E-state index >= 15 is 0 Å². The lowest BCUT2D eigenvalue weighted by molar-refractivity contribution is 0.296. The molecule has 5 nitrogen and oxygen atoms in total. The van der Waals surface area contributed by atoms with Gasteiger partial charge in [-0.15, -0.1) is 4.40 Å². The molecule has 2 N–H and O–H groups in total. The Bertz CT molecular complexity index is 540. The van der Waals surface area contributed by atoms with Gasteiger partial charge in [0.15, 0.2) is 5.17 Å². The van der Waals surface area contributed by atoms with Gasteiger partial charge in [0.1, 0.15) is 4.90 Å². The number of nitrogens with one attached hydrogen (secondary N) is 1. The van der Waals surface area contributed by atoms with Crippen LogP contribution in [0.15, 0.2) is 33.6 Å². The summed E-state index contributed by atoms with van der Waals surface area (Å²) in [6, 6.07) is 6.66. The van der Waals surface area contributed by atoms with Crippen LogP contribution in [0.4, 0.5) is 5.69 Å². The number of thioether (sulfide) groups is 1. The van der Waals surface area contributed by atoms with Crippen LogP contribution >= 0.6 is 11.8 Å². The molecular weight excluding hydrogens is 260 g/mol. The molecule has 0 unspecified atom stereocenters. The summed E-state index contributed by atoms with van der Waals surface area (Å²) in [4.78, 5) is 0.200. The standard InChI is InChI=1S/C10H12N2O3S2/c13-6-3-7-16-10-11-8-4-1-2-5-9(8)17(14,15)12-10/h1-2,4-5,13H,3,6-7H2,(H,11,12). The molecule has 1 aromatic rings. The Kier molecular flexibility index (Phi) is 3.70. The third-order valence-electron chi connectivity index (χ3n) is 2.15. The van der Waals surface area contributed by atoms with Crippen LogP contribution in [-0.2, 0) is 10.0 Å². The summed E-state index contributed by atoms with van der Waals surface area (Å²) in [5, 5.41) is 12.0. The molecule has 1 aliphatic heterocycles. The van der Waals surface area contributed by atoms with Crippen LogP contribution in [0.1, 0.15) is 6.42 Å². The maximum absolute atomic E-state index is 11.8. The van der Waals surface area contributed by atoms with E-state index in [-0.39, 0.29) is 11.5 Å². The van der Waals surface area contributed by atoms with Crippen molar-refractivity contribution in [2.45, 2.75) is 11.3 Å². The van der Waals surface area contributed by atoms with E-state index in [0.717, 1.165) is 0 Å². The number of rotatable bonds is 3. The number of hydrogen-bond acceptors (Lipinski definition) is 5. The predicted molar refractivity (Wildman–Crippen MR) is 68.8 cm³/mol. The molecule has 0 bridgehead atoms. The van der Waals surface area contributed by atoms with Crippen molar-refractivity contribution in [3.63, 3.8) is 0 Å². The zero-order valence-electron chi connectivity index (χ0n) is 8.96. The van der Waals surface area contributed by atoms with Gasteiger partial charge >= 0.3 is 0 Å². The van der Waals surface area contributed by atoms with E-state index in [2.05, 4.69) is 9.71 Å². The summed E-state index contributed by atoms with van der Waals surface area (Å²) in [7, 11) is -3.59. The van der Waals surface area contributed by atoms with E-state index < -0.39 is 10.0 Å². The number of nitrogens with zero attached hydrogens (tertiary/aromatic N) is 1. The third kappa shape index (κ3) is 2.80. The lowest BCUT2D eigenvalue weighted by atomic mass is 10.3. The molecule has 0 fully saturated rings. The second-order valence-corrected chi connectivity index (χ2v) is 6.07. The first-order valence-corrected chi connectivity index (χ1v) is 7.51. The maximum Gasteiger partial charge on any atom is 0.286 e. The molecule has 0 saturated heterocycles. The smallest absolute Gasteiger partial charge is 0.286 e. The van der Waals surface area contributed by atoms with Crippen molar-refractivity contribution in [3.8, 4) is 0 Å². The molecule has 0 aromatic heterocycles. The van der Waals surface area contributed by atoms with Gasteiger partial charge in [-0.1, -0.05) is 23.9 Å². The van der Waals surface area contributed by atoms with E-state index in [0.29, 0.717) is 23.0 Å². The zero-order valence-corrected chi connectivity index (χ0v) is 10.6. The SMILES string of the molecule is O=S1(=O)N=C(SCCCO)Nc2ccccc21.